The van der Waals surface area contributed by atoms with Crippen molar-refractivity contribution in [1.82, 2.24) is 14.9 Å². The van der Waals surface area contributed by atoms with E-state index < -0.39 is 5.91 Å². The number of hydrogen-bond acceptors (Lipinski definition) is 7. The lowest BCUT2D eigenvalue weighted by Crippen LogP contribution is -2.31. The lowest BCUT2D eigenvalue weighted by atomic mass is 10.3. The number of benzene rings is 1. The van der Waals surface area contributed by atoms with Gasteiger partial charge in [0, 0.05) is 30.0 Å². The van der Waals surface area contributed by atoms with Gasteiger partial charge in [-0.05, 0) is 37.3 Å². The number of nitrogens with two attached hydrogens (primary N) is 2. The number of nitrogens with zero attached hydrogens (tertiary/aromatic N) is 4. The summed E-state index contributed by atoms with van der Waals surface area (Å²) in [6.45, 7) is 1.67. The van der Waals surface area contributed by atoms with E-state index in [-0.39, 0.29) is 36.3 Å². The third-order valence-corrected chi connectivity index (χ3v) is 3.72. The van der Waals surface area contributed by atoms with E-state index in [0.29, 0.717) is 16.4 Å². The van der Waals surface area contributed by atoms with Gasteiger partial charge in [0.2, 0.25) is 0 Å². The van der Waals surface area contributed by atoms with E-state index in [9.17, 15) is 4.79 Å². The van der Waals surface area contributed by atoms with Gasteiger partial charge in [0.15, 0.2) is 17.3 Å². The Morgan fingerprint density at radius 3 is 2.64 bits per heavy atom. The van der Waals surface area contributed by atoms with Crippen LogP contribution >= 0.6 is 11.6 Å². The highest BCUT2D eigenvalue weighted by atomic mass is 35.5. The monoisotopic (exact) mass is 403 g/mol. The molecular weight excluding hydrogens is 382 g/mol. The van der Waals surface area contributed by atoms with Gasteiger partial charge in [-0.15, -0.1) is 0 Å². The second-order valence-electron chi connectivity index (χ2n) is 5.93. The van der Waals surface area contributed by atoms with Gasteiger partial charge in [-0.3, -0.25) is 4.79 Å². The summed E-state index contributed by atoms with van der Waals surface area (Å²) in [5.41, 5.74) is 12.6. The quantitative estimate of drug-likeness (QED) is 0.407. The molecule has 2 rings (SSSR count). The number of nitrogens with one attached hydrogen (secondary N) is 1. The Hall–Kier alpha value is -3.17. The van der Waals surface area contributed by atoms with Gasteiger partial charge < -0.3 is 26.8 Å². The predicted octanol–water partition coefficient (Wildman–Crippen LogP) is 1.79. The van der Waals surface area contributed by atoms with E-state index in [1.807, 2.05) is 0 Å². The number of allylic oxidation sites excluding steroid dienone is 1. The van der Waals surface area contributed by atoms with Crippen LogP contribution in [0.4, 0.5) is 17.3 Å². The largest absolute Gasteiger partial charge is 0.402 e. The fourth-order valence-electron chi connectivity index (χ4n) is 2.18. The summed E-state index contributed by atoms with van der Waals surface area (Å²) in [7, 11) is 1.56. The lowest BCUT2D eigenvalue weighted by molar-refractivity contribution is 0.0762. The van der Waals surface area contributed by atoms with Crippen LogP contribution in [0.5, 0.6) is 0 Å². The number of carbonyl (C=O) groups excluding carboxylic acids is 1. The van der Waals surface area contributed by atoms with Crippen LogP contribution in [0, 0.1) is 0 Å². The standard InChI is InChI=1S/C18H22ClN7O2/c1-11(20)9-14(21)24-15-10-22-16(18(28)26(2)7-8-27)17(25-15)23-13-5-3-12(19)4-6-13/h3-6,9-10,27H,7-8,20H2,1-2H3,(H3,21,23,24,25)/b11-9-. The van der Waals surface area contributed by atoms with Gasteiger partial charge in [-0.2, -0.15) is 0 Å². The molecule has 0 aliphatic carbocycles. The van der Waals surface area contributed by atoms with Crippen LogP contribution in [0.3, 0.4) is 0 Å². The van der Waals surface area contributed by atoms with Gasteiger partial charge in [0.05, 0.1) is 12.8 Å². The molecule has 0 unspecified atom stereocenters. The second kappa shape index (κ2) is 9.67. The van der Waals surface area contributed by atoms with Crippen molar-refractivity contribution >= 4 is 40.7 Å². The van der Waals surface area contributed by atoms with Crippen LogP contribution in [0.15, 0.2) is 47.2 Å². The molecule has 1 aromatic carbocycles. The maximum absolute atomic E-state index is 12.6. The summed E-state index contributed by atoms with van der Waals surface area (Å²) in [5.74, 6) is 0.148. The number of likely N-dealkylation sites (N-methyl/N-ethyl adjacent to an activating group) is 1. The average molecular weight is 404 g/mol. The number of hydrogen-bond donors (Lipinski definition) is 4. The number of aliphatic imine (C=N–C) groups is 1. The smallest absolute Gasteiger partial charge is 0.276 e. The molecule has 1 heterocycles. The SMILES string of the molecule is C/C(N)=C/C(N)=N\c1cnc(C(=O)N(C)CCO)c(Nc2ccc(Cl)cc2)n1. The highest BCUT2D eigenvalue weighted by Gasteiger charge is 2.19. The summed E-state index contributed by atoms with van der Waals surface area (Å²) in [6.07, 6.45) is 2.82. The molecule has 9 nitrogen and oxygen atoms in total. The molecule has 0 bridgehead atoms. The molecule has 10 heteroatoms. The van der Waals surface area contributed by atoms with Crippen molar-refractivity contribution in [2.45, 2.75) is 6.92 Å². The van der Waals surface area contributed by atoms with Crippen molar-refractivity contribution < 1.29 is 9.90 Å². The first-order valence-corrected chi connectivity index (χ1v) is 8.72. The molecule has 0 saturated carbocycles. The van der Waals surface area contributed by atoms with E-state index in [0.717, 1.165) is 0 Å². The van der Waals surface area contributed by atoms with E-state index >= 15 is 0 Å². The highest BCUT2D eigenvalue weighted by molar-refractivity contribution is 6.30. The molecule has 28 heavy (non-hydrogen) atoms. The molecule has 0 spiro atoms. The third kappa shape index (κ3) is 5.93. The fraction of sp³-hybridized carbons (Fsp3) is 0.222. The molecule has 0 atom stereocenters. The Morgan fingerprint density at radius 2 is 2.04 bits per heavy atom. The van der Waals surface area contributed by atoms with Crippen LogP contribution in [0.25, 0.3) is 0 Å². The van der Waals surface area contributed by atoms with E-state index in [2.05, 4.69) is 20.3 Å². The Morgan fingerprint density at radius 1 is 1.36 bits per heavy atom. The summed E-state index contributed by atoms with van der Waals surface area (Å²) < 4.78 is 0. The molecule has 0 radical (unpaired) electrons. The number of aromatic nitrogens is 2. The average Bonchev–Trinajstić information content (AvgIpc) is 2.63. The molecule has 0 aliphatic heterocycles. The van der Waals surface area contributed by atoms with Crippen LogP contribution in [-0.2, 0) is 0 Å². The van der Waals surface area contributed by atoms with Gasteiger partial charge in [0.1, 0.15) is 5.84 Å². The number of aliphatic hydroxyl groups is 1. The van der Waals surface area contributed by atoms with Crippen molar-refractivity contribution in [3.05, 3.63) is 53.0 Å². The first kappa shape index (κ1) is 21.1. The summed E-state index contributed by atoms with van der Waals surface area (Å²) in [5, 5.41) is 12.7. The highest BCUT2D eigenvalue weighted by Crippen LogP contribution is 2.23. The first-order chi connectivity index (χ1) is 13.3. The molecule has 1 aromatic heterocycles. The first-order valence-electron chi connectivity index (χ1n) is 8.34. The minimum atomic E-state index is -0.404. The van der Waals surface area contributed by atoms with Crippen molar-refractivity contribution in [3.63, 3.8) is 0 Å². The Kier molecular flexibility index (Phi) is 7.30. The molecular formula is C18H22ClN7O2. The second-order valence-corrected chi connectivity index (χ2v) is 6.37. The van der Waals surface area contributed by atoms with Crippen LogP contribution < -0.4 is 16.8 Å². The maximum atomic E-state index is 12.6. The fourth-order valence-corrected chi connectivity index (χ4v) is 2.30. The van der Waals surface area contributed by atoms with Gasteiger partial charge in [0.25, 0.3) is 5.91 Å². The van der Waals surface area contributed by atoms with Crippen molar-refractivity contribution in [1.29, 1.82) is 0 Å². The number of carbonyl (C=O) groups is 1. The van der Waals surface area contributed by atoms with Crippen molar-refractivity contribution in [2.24, 2.45) is 16.5 Å². The minimum Gasteiger partial charge on any atom is -0.402 e. The molecule has 0 saturated heterocycles. The maximum Gasteiger partial charge on any atom is 0.276 e. The van der Waals surface area contributed by atoms with Gasteiger partial charge >= 0.3 is 0 Å². The molecule has 2 aromatic rings. The summed E-state index contributed by atoms with van der Waals surface area (Å²) in [6, 6.07) is 6.87. The van der Waals surface area contributed by atoms with E-state index in [4.69, 9.17) is 28.2 Å². The lowest BCUT2D eigenvalue weighted by Gasteiger charge is -2.17. The Bertz CT molecular complexity index is 893. The Labute approximate surface area is 167 Å². The zero-order chi connectivity index (χ0) is 20.7. The number of amides is 1. The normalized spacial score (nSPS) is 12.0. The Balaban J connectivity index is 2.45. The number of amidine groups is 1. The number of anilines is 2. The van der Waals surface area contributed by atoms with Crippen molar-refractivity contribution in [2.75, 3.05) is 25.5 Å². The van der Waals surface area contributed by atoms with Crippen LogP contribution in [0.1, 0.15) is 17.4 Å². The van der Waals surface area contributed by atoms with Gasteiger partial charge in [-0.1, -0.05) is 11.6 Å². The van der Waals surface area contributed by atoms with Gasteiger partial charge in [-0.25, -0.2) is 15.0 Å². The van der Waals surface area contributed by atoms with Crippen molar-refractivity contribution in [3.8, 4) is 0 Å². The van der Waals surface area contributed by atoms with E-state index in [1.165, 1.54) is 17.2 Å². The molecule has 0 aliphatic rings. The predicted molar refractivity (Wildman–Crippen MR) is 110 cm³/mol. The molecule has 1 amide bonds. The molecule has 0 fully saturated rings. The molecule has 6 N–H and O–H groups in total. The number of aliphatic hydroxyl groups excluding tert-OH is 1. The van der Waals surface area contributed by atoms with Crippen LogP contribution in [0.2, 0.25) is 5.02 Å². The topological polar surface area (TPSA) is 143 Å². The summed E-state index contributed by atoms with van der Waals surface area (Å²) in [4.78, 5) is 26.7. The number of halogens is 1. The minimum absolute atomic E-state index is 0.0777. The zero-order valence-electron chi connectivity index (χ0n) is 15.6. The number of rotatable bonds is 7. The van der Waals surface area contributed by atoms with Crippen LogP contribution in [-0.4, -0.2) is 51.9 Å². The van der Waals surface area contributed by atoms with E-state index in [1.54, 1.807) is 38.2 Å². The third-order valence-electron chi connectivity index (χ3n) is 3.47. The molecule has 148 valence electrons. The summed E-state index contributed by atoms with van der Waals surface area (Å²) >= 11 is 5.91. The zero-order valence-corrected chi connectivity index (χ0v) is 16.3.